The van der Waals surface area contributed by atoms with E-state index in [1.807, 2.05) is 0 Å². The molecular formula is C26H38Cl2N2O2. The third kappa shape index (κ3) is 8.15. The molecule has 4 rings (SSSR count). The zero-order chi connectivity index (χ0) is 20.8. The highest BCUT2D eigenvalue weighted by Crippen LogP contribution is 2.32. The van der Waals surface area contributed by atoms with Gasteiger partial charge in [-0.05, 0) is 61.4 Å². The summed E-state index contributed by atoms with van der Waals surface area (Å²) >= 11 is 0. The number of benzene rings is 2. The molecule has 32 heavy (non-hydrogen) atoms. The van der Waals surface area contributed by atoms with Crippen molar-refractivity contribution in [2.45, 2.75) is 50.7 Å². The maximum Gasteiger partial charge on any atom is 0.119 e. The van der Waals surface area contributed by atoms with Crippen LogP contribution in [-0.2, 0) is 6.54 Å². The monoisotopic (exact) mass is 480 g/mol. The molecule has 1 heterocycles. The normalized spacial score (nSPS) is 17.7. The maximum atomic E-state index is 11.1. The van der Waals surface area contributed by atoms with Gasteiger partial charge < -0.3 is 14.7 Å². The lowest BCUT2D eigenvalue weighted by atomic mass is 9.88. The smallest absolute Gasteiger partial charge is 0.119 e. The van der Waals surface area contributed by atoms with Crippen LogP contribution in [0.15, 0.2) is 54.6 Å². The van der Waals surface area contributed by atoms with Gasteiger partial charge in [-0.1, -0.05) is 43.2 Å². The SMILES string of the molecule is CN(CCC1(O)CCN(Cc2ccccc2)CC1)c1ccc(OCCC2CC2)cc1.Cl.Cl. The Morgan fingerprint density at radius 3 is 2.28 bits per heavy atom. The molecule has 0 atom stereocenters. The summed E-state index contributed by atoms with van der Waals surface area (Å²) in [4.78, 5) is 4.69. The van der Waals surface area contributed by atoms with Crippen LogP contribution in [0.3, 0.4) is 0 Å². The van der Waals surface area contributed by atoms with E-state index in [1.54, 1.807) is 0 Å². The van der Waals surface area contributed by atoms with Crippen molar-refractivity contribution in [2.24, 2.45) is 5.92 Å². The molecule has 2 aliphatic rings. The molecule has 0 spiro atoms. The van der Waals surface area contributed by atoms with Gasteiger partial charge in [0, 0.05) is 38.9 Å². The van der Waals surface area contributed by atoms with Crippen LogP contribution in [0.1, 0.15) is 44.1 Å². The van der Waals surface area contributed by atoms with E-state index < -0.39 is 5.60 Å². The second-order valence-electron chi connectivity index (χ2n) is 9.23. The Morgan fingerprint density at radius 1 is 1.00 bits per heavy atom. The predicted molar refractivity (Wildman–Crippen MR) is 138 cm³/mol. The van der Waals surface area contributed by atoms with Crippen LogP contribution in [0.5, 0.6) is 5.75 Å². The molecule has 178 valence electrons. The fraction of sp³-hybridized carbons (Fsp3) is 0.538. The van der Waals surface area contributed by atoms with Crippen molar-refractivity contribution in [1.29, 1.82) is 0 Å². The number of hydrogen-bond donors (Lipinski definition) is 1. The first-order valence-electron chi connectivity index (χ1n) is 11.5. The van der Waals surface area contributed by atoms with E-state index in [2.05, 4.69) is 71.4 Å². The number of nitrogens with zero attached hydrogens (tertiary/aromatic N) is 2. The Balaban J connectivity index is 0.00000181. The molecule has 6 heteroatoms. The molecule has 1 N–H and O–H groups in total. The second-order valence-corrected chi connectivity index (χ2v) is 9.23. The van der Waals surface area contributed by atoms with Gasteiger partial charge in [-0.2, -0.15) is 0 Å². The van der Waals surface area contributed by atoms with Crippen LogP contribution in [0.4, 0.5) is 5.69 Å². The largest absolute Gasteiger partial charge is 0.494 e. The zero-order valence-corrected chi connectivity index (χ0v) is 20.8. The van der Waals surface area contributed by atoms with Gasteiger partial charge in [0.2, 0.25) is 0 Å². The Kier molecular flexibility index (Phi) is 10.6. The quantitative estimate of drug-likeness (QED) is 0.482. The number of anilines is 1. The van der Waals surface area contributed by atoms with Crippen LogP contribution in [-0.4, -0.2) is 48.9 Å². The third-order valence-corrected chi connectivity index (χ3v) is 6.72. The van der Waals surface area contributed by atoms with Crippen molar-refractivity contribution < 1.29 is 9.84 Å². The maximum absolute atomic E-state index is 11.1. The van der Waals surface area contributed by atoms with Crippen LogP contribution >= 0.6 is 24.8 Å². The van der Waals surface area contributed by atoms with E-state index >= 15 is 0 Å². The van der Waals surface area contributed by atoms with Crippen molar-refractivity contribution in [3.63, 3.8) is 0 Å². The molecule has 1 saturated carbocycles. The minimum atomic E-state index is -0.548. The Bertz CT molecular complexity index is 776. The van der Waals surface area contributed by atoms with Gasteiger partial charge in [0.05, 0.1) is 12.2 Å². The summed E-state index contributed by atoms with van der Waals surface area (Å²) in [6.45, 7) is 4.58. The van der Waals surface area contributed by atoms with Crippen molar-refractivity contribution in [3.8, 4) is 5.75 Å². The number of ether oxygens (including phenoxy) is 1. The number of halogens is 2. The first-order valence-corrected chi connectivity index (χ1v) is 11.5. The standard InChI is InChI=1S/C26H36N2O2.2ClH/c1-27(24-9-11-25(12-10-24)30-20-13-22-7-8-22)17-14-26(29)15-18-28(19-16-26)21-23-5-3-2-4-6-23;;/h2-6,9-12,22,29H,7-8,13-21H2,1H3;2*1H. The van der Waals surface area contributed by atoms with Gasteiger partial charge in [-0.15, -0.1) is 24.8 Å². The minimum absolute atomic E-state index is 0. The van der Waals surface area contributed by atoms with Crippen LogP contribution in [0.2, 0.25) is 0 Å². The first-order chi connectivity index (χ1) is 14.6. The number of rotatable bonds is 10. The summed E-state index contributed by atoms with van der Waals surface area (Å²) in [5, 5.41) is 11.1. The average molecular weight is 482 g/mol. The summed E-state index contributed by atoms with van der Waals surface area (Å²) in [6, 6.07) is 19.0. The van der Waals surface area contributed by atoms with E-state index in [0.29, 0.717) is 0 Å². The van der Waals surface area contributed by atoms with Crippen molar-refractivity contribution in [1.82, 2.24) is 4.90 Å². The molecule has 0 amide bonds. The van der Waals surface area contributed by atoms with E-state index in [1.165, 1.54) is 30.5 Å². The fourth-order valence-corrected chi connectivity index (χ4v) is 4.27. The molecule has 0 radical (unpaired) electrons. The highest BCUT2D eigenvalue weighted by atomic mass is 35.5. The lowest BCUT2D eigenvalue weighted by Crippen LogP contribution is -2.45. The van der Waals surface area contributed by atoms with Crippen molar-refractivity contribution >= 4 is 30.5 Å². The average Bonchev–Trinajstić information content (AvgIpc) is 3.60. The van der Waals surface area contributed by atoms with Gasteiger partial charge in [-0.25, -0.2) is 0 Å². The lowest BCUT2D eigenvalue weighted by Gasteiger charge is -2.39. The lowest BCUT2D eigenvalue weighted by molar-refractivity contribution is -0.0275. The zero-order valence-electron chi connectivity index (χ0n) is 19.1. The highest BCUT2D eigenvalue weighted by Gasteiger charge is 2.32. The van der Waals surface area contributed by atoms with E-state index in [0.717, 1.165) is 63.7 Å². The molecule has 2 aromatic rings. The second kappa shape index (κ2) is 12.7. The molecular weight excluding hydrogens is 443 g/mol. The van der Waals surface area contributed by atoms with Gasteiger partial charge in [0.25, 0.3) is 0 Å². The fourth-order valence-electron chi connectivity index (χ4n) is 4.27. The molecule has 1 aliphatic carbocycles. The summed E-state index contributed by atoms with van der Waals surface area (Å²) in [7, 11) is 2.11. The summed E-state index contributed by atoms with van der Waals surface area (Å²) in [5.74, 6) is 1.86. The summed E-state index contributed by atoms with van der Waals surface area (Å²) in [6.07, 6.45) is 6.45. The molecule has 1 saturated heterocycles. The van der Waals surface area contributed by atoms with Crippen molar-refractivity contribution in [3.05, 3.63) is 60.2 Å². The first kappa shape index (κ1) is 26.8. The Hall–Kier alpha value is -1.46. The topological polar surface area (TPSA) is 35.9 Å². The van der Waals surface area contributed by atoms with E-state index in [-0.39, 0.29) is 24.8 Å². The van der Waals surface area contributed by atoms with Gasteiger partial charge in [0.15, 0.2) is 0 Å². The van der Waals surface area contributed by atoms with Crippen LogP contribution in [0, 0.1) is 5.92 Å². The number of hydrogen-bond acceptors (Lipinski definition) is 4. The molecule has 2 fully saturated rings. The van der Waals surface area contributed by atoms with Crippen LogP contribution in [0.25, 0.3) is 0 Å². The minimum Gasteiger partial charge on any atom is -0.494 e. The molecule has 0 unspecified atom stereocenters. The van der Waals surface area contributed by atoms with Gasteiger partial charge in [0.1, 0.15) is 5.75 Å². The highest BCUT2D eigenvalue weighted by molar-refractivity contribution is 5.85. The molecule has 1 aliphatic heterocycles. The predicted octanol–water partition coefficient (Wildman–Crippen LogP) is 5.56. The molecule has 0 bridgehead atoms. The van der Waals surface area contributed by atoms with Crippen molar-refractivity contribution in [2.75, 3.05) is 38.2 Å². The Morgan fingerprint density at radius 2 is 1.66 bits per heavy atom. The Labute approximate surface area is 205 Å². The van der Waals surface area contributed by atoms with Gasteiger partial charge >= 0.3 is 0 Å². The number of likely N-dealkylation sites (tertiary alicyclic amines) is 1. The summed E-state index contributed by atoms with van der Waals surface area (Å²) in [5.41, 5.74) is 1.98. The third-order valence-electron chi connectivity index (χ3n) is 6.72. The van der Waals surface area contributed by atoms with Gasteiger partial charge in [-0.3, -0.25) is 4.90 Å². The van der Waals surface area contributed by atoms with E-state index in [9.17, 15) is 5.11 Å². The molecule has 0 aromatic heterocycles. The van der Waals surface area contributed by atoms with Crippen LogP contribution < -0.4 is 9.64 Å². The molecule has 4 nitrogen and oxygen atoms in total. The summed E-state index contributed by atoms with van der Waals surface area (Å²) < 4.78 is 5.85. The number of piperidine rings is 1. The number of aliphatic hydroxyl groups is 1. The van der Waals surface area contributed by atoms with E-state index in [4.69, 9.17) is 4.74 Å². The molecule has 2 aromatic carbocycles.